The molecule has 0 aromatic rings. The second-order valence-corrected chi connectivity index (χ2v) is 5.00. The molecule has 2 amide bonds. The van der Waals surface area contributed by atoms with E-state index in [-0.39, 0.29) is 12.1 Å². The normalized spacial score (nSPS) is 21.1. The summed E-state index contributed by atoms with van der Waals surface area (Å²) in [6, 6.07) is -0.805. The SMILES string of the molecule is CCC(CC)C(C)NC(=O)N1CCC[C@@H]1C(=O)O. The summed E-state index contributed by atoms with van der Waals surface area (Å²) in [7, 11) is 0. The number of hydrogen-bond acceptors (Lipinski definition) is 2. The molecular formula is C13H24N2O3. The molecule has 2 N–H and O–H groups in total. The Morgan fingerprint density at radius 1 is 1.39 bits per heavy atom. The van der Waals surface area contributed by atoms with Crippen molar-refractivity contribution in [3.8, 4) is 0 Å². The first-order valence-corrected chi connectivity index (χ1v) is 6.81. The van der Waals surface area contributed by atoms with E-state index in [2.05, 4.69) is 19.2 Å². The number of carbonyl (C=O) groups excluding carboxylic acids is 1. The number of hydrogen-bond donors (Lipinski definition) is 2. The molecule has 0 aliphatic carbocycles. The Kier molecular flexibility index (Phi) is 5.44. The van der Waals surface area contributed by atoms with Crippen molar-refractivity contribution in [2.45, 2.75) is 58.5 Å². The highest BCUT2D eigenvalue weighted by Gasteiger charge is 2.34. The average molecular weight is 256 g/mol. The molecule has 0 spiro atoms. The van der Waals surface area contributed by atoms with Crippen molar-refractivity contribution in [1.82, 2.24) is 10.2 Å². The molecule has 18 heavy (non-hydrogen) atoms. The Labute approximate surface area is 109 Å². The Hall–Kier alpha value is -1.26. The fourth-order valence-corrected chi connectivity index (χ4v) is 2.66. The van der Waals surface area contributed by atoms with Gasteiger partial charge in [-0.05, 0) is 25.7 Å². The first-order chi connectivity index (χ1) is 8.51. The van der Waals surface area contributed by atoms with Crippen molar-refractivity contribution < 1.29 is 14.7 Å². The number of amides is 2. The summed E-state index contributed by atoms with van der Waals surface area (Å²) in [5.41, 5.74) is 0. The van der Waals surface area contributed by atoms with Gasteiger partial charge < -0.3 is 15.3 Å². The van der Waals surface area contributed by atoms with Crippen LogP contribution in [-0.2, 0) is 4.79 Å². The number of nitrogens with one attached hydrogen (secondary N) is 1. The van der Waals surface area contributed by atoms with Gasteiger partial charge in [-0.1, -0.05) is 26.7 Å². The van der Waals surface area contributed by atoms with Crippen molar-refractivity contribution in [3.63, 3.8) is 0 Å². The number of carboxylic acid groups (broad SMARTS) is 1. The molecule has 0 aromatic carbocycles. The monoisotopic (exact) mass is 256 g/mol. The number of nitrogens with zero attached hydrogens (tertiary/aromatic N) is 1. The van der Waals surface area contributed by atoms with E-state index in [0.29, 0.717) is 18.9 Å². The molecule has 5 nitrogen and oxygen atoms in total. The van der Waals surface area contributed by atoms with Crippen LogP contribution in [-0.4, -0.2) is 40.6 Å². The third-order valence-electron chi connectivity index (χ3n) is 3.91. The van der Waals surface area contributed by atoms with E-state index in [0.717, 1.165) is 19.3 Å². The molecule has 1 saturated heterocycles. The number of likely N-dealkylation sites (tertiary alicyclic amines) is 1. The molecule has 0 radical (unpaired) electrons. The molecule has 1 unspecified atom stereocenters. The van der Waals surface area contributed by atoms with Gasteiger partial charge in [-0.25, -0.2) is 9.59 Å². The van der Waals surface area contributed by atoms with E-state index in [1.807, 2.05) is 6.92 Å². The number of urea groups is 1. The van der Waals surface area contributed by atoms with Crippen LogP contribution in [0.3, 0.4) is 0 Å². The van der Waals surface area contributed by atoms with E-state index in [1.54, 1.807) is 0 Å². The van der Waals surface area contributed by atoms with Crippen LogP contribution in [0.4, 0.5) is 4.79 Å². The predicted octanol–water partition coefficient (Wildman–Crippen LogP) is 2.07. The van der Waals surface area contributed by atoms with E-state index in [1.165, 1.54) is 4.90 Å². The lowest BCUT2D eigenvalue weighted by Crippen LogP contribution is -2.49. The minimum absolute atomic E-state index is 0.0857. The fraction of sp³-hybridized carbons (Fsp3) is 0.846. The van der Waals surface area contributed by atoms with Crippen LogP contribution < -0.4 is 5.32 Å². The quantitative estimate of drug-likeness (QED) is 0.791. The van der Waals surface area contributed by atoms with Gasteiger partial charge in [0.15, 0.2) is 0 Å². The Bertz CT molecular complexity index is 303. The summed E-state index contributed by atoms with van der Waals surface area (Å²) in [5, 5.41) is 12.0. The van der Waals surface area contributed by atoms with Crippen LogP contribution >= 0.6 is 0 Å². The third-order valence-corrected chi connectivity index (χ3v) is 3.91. The highest BCUT2D eigenvalue weighted by atomic mass is 16.4. The lowest BCUT2D eigenvalue weighted by molar-refractivity contribution is -0.141. The first-order valence-electron chi connectivity index (χ1n) is 6.81. The first kappa shape index (κ1) is 14.8. The molecule has 5 heteroatoms. The molecule has 104 valence electrons. The highest BCUT2D eigenvalue weighted by Crippen LogP contribution is 2.19. The lowest BCUT2D eigenvalue weighted by Gasteiger charge is -2.27. The van der Waals surface area contributed by atoms with Gasteiger partial charge in [0.05, 0.1) is 0 Å². The molecule has 1 fully saturated rings. The molecule has 1 aliphatic rings. The maximum Gasteiger partial charge on any atom is 0.326 e. The molecule has 1 heterocycles. The van der Waals surface area contributed by atoms with Crippen LogP contribution in [0.1, 0.15) is 46.5 Å². The second kappa shape index (κ2) is 6.61. The Morgan fingerprint density at radius 2 is 2.00 bits per heavy atom. The van der Waals surface area contributed by atoms with Crippen LogP contribution in [0.5, 0.6) is 0 Å². The van der Waals surface area contributed by atoms with Gasteiger partial charge in [0, 0.05) is 12.6 Å². The zero-order valence-corrected chi connectivity index (χ0v) is 11.5. The number of rotatable bonds is 5. The van der Waals surface area contributed by atoms with Crippen LogP contribution in [0.25, 0.3) is 0 Å². The Morgan fingerprint density at radius 3 is 2.50 bits per heavy atom. The lowest BCUT2D eigenvalue weighted by atomic mass is 9.96. The third kappa shape index (κ3) is 3.37. The molecule has 1 rings (SSSR count). The summed E-state index contributed by atoms with van der Waals surface area (Å²) in [4.78, 5) is 24.5. The molecule has 2 atom stereocenters. The van der Waals surface area contributed by atoms with Gasteiger partial charge >= 0.3 is 12.0 Å². The standard InChI is InChI=1S/C13H24N2O3/c1-4-10(5-2)9(3)14-13(18)15-8-6-7-11(15)12(16)17/h9-11H,4-8H2,1-3H3,(H,14,18)(H,16,17)/t9?,11-/m1/s1. The van der Waals surface area contributed by atoms with E-state index < -0.39 is 12.0 Å². The van der Waals surface area contributed by atoms with Gasteiger partial charge in [0.25, 0.3) is 0 Å². The summed E-state index contributed by atoms with van der Waals surface area (Å²) >= 11 is 0. The number of aliphatic carboxylic acids is 1. The van der Waals surface area contributed by atoms with Gasteiger partial charge in [0.1, 0.15) is 6.04 Å². The summed E-state index contributed by atoms with van der Waals surface area (Å²) < 4.78 is 0. The summed E-state index contributed by atoms with van der Waals surface area (Å²) in [5.74, 6) is -0.460. The smallest absolute Gasteiger partial charge is 0.326 e. The van der Waals surface area contributed by atoms with Crippen molar-refractivity contribution in [2.75, 3.05) is 6.54 Å². The van der Waals surface area contributed by atoms with Crippen molar-refractivity contribution in [3.05, 3.63) is 0 Å². The van der Waals surface area contributed by atoms with Crippen molar-refractivity contribution in [2.24, 2.45) is 5.92 Å². The minimum Gasteiger partial charge on any atom is -0.480 e. The second-order valence-electron chi connectivity index (χ2n) is 5.00. The van der Waals surface area contributed by atoms with Crippen LogP contribution in [0.15, 0.2) is 0 Å². The van der Waals surface area contributed by atoms with E-state index >= 15 is 0 Å². The zero-order chi connectivity index (χ0) is 13.7. The fourth-order valence-electron chi connectivity index (χ4n) is 2.66. The summed E-state index contributed by atoms with van der Waals surface area (Å²) in [6.45, 7) is 6.74. The Balaban J connectivity index is 2.57. The van der Waals surface area contributed by atoms with Crippen LogP contribution in [0.2, 0.25) is 0 Å². The minimum atomic E-state index is -0.905. The highest BCUT2D eigenvalue weighted by molar-refractivity contribution is 5.83. The molecule has 0 saturated carbocycles. The maximum absolute atomic E-state index is 12.1. The van der Waals surface area contributed by atoms with E-state index in [9.17, 15) is 9.59 Å². The maximum atomic E-state index is 12.1. The van der Waals surface area contributed by atoms with Gasteiger partial charge in [-0.2, -0.15) is 0 Å². The van der Waals surface area contributed by atoms with Gasteiger partial charge in [0.2, 0.25) is 0 Å². The van der Waals surface area contributed by atoms with Crippen molar-refractivity contribution >= 4 is 12.0 Å². The largest absolute Gasteiger partial charge is 0.480 e. The average Bonchev–Trinajstić information content (AvgIpc) is 2.79. The van der Waals surface area contributed by atoms with Crippen LogP contribution in [0, 0.1) is 5.92 Å². The van der Waals surface area contributed by atoms with Gasteiger partial charge in [-0.15, -0.1) is 0 Å². The predicted molar refractivity (Wildman–Crippen MR) is 69.4 cm³/mol. The topological polar surface area (TPSA) is 69.6 Å². The molecule has 0 bridgehead atoms. The number of carboxylic acids is 1. The van der Waals surface area contributed by atoms with Crippen molar-refractivity contribution in [1.29, 1.82) is 0 Å². The number of carbonyl (C=O) groups is 2. The van der Waals surface area contributed by atoms with E-state index in [4.69, 9.17) is 5.11 Å². The molecular weight excluding hydrogens is 232 g/mol. The molecule has 0 aromatic heterocycles. The molecule has 1 aliphatic heterocycles. The zero-order valence-electron chi connectivity index (χ0n) is 11.5. The summed E-state index contributed by atoms with van der Waals surface area (Å²) in [6.07, 6.45) is 3.35. The van der Waals surface area contributed by atoms with Gasteiger partial charge in [-0.3, -0.25) is 0 Å².